The van der Waals surface area contributed by atoms with E-state index in [-0.39, 0.29) is 0 Å². The first-order valence-corrected chi connectivity index (χ1v) is 8.10. The highest BCUT2D eigenvalue weighted by atomic mass is 32.2. The smallest absolute Gasteiger partial charge is 0.211 e. The van der Waals surface area contributed by atoms with Gasteiger partial charge in [-0.15, -0.1) is 0 Å². The lowest BCUT2D eigenvalue weighted by atomic mass is 10.4. The van der Waals surface area contributed by atoms with Crippen molar-refractivity contribution in [3.8, 4) is 0 Å². The highest BCUT2D eigenvalue weighted by Gasteiger charge is 2.12. The quantitative estimate of drug-likeness (QED) is 0.559. The van der Waals surface area contributed by atoms with Crippen LogP contribution in [0, 0.1) is 0 Å². The molecule has 1 N–H and O–H groups in total. The summed E-state index contributed by atoms with van der Waals surface area (Å²) in [5.41, 5.74) is 0. The minimum atomic E-state index is -3.03. The lowest BCUT2D eigenvalue weighted by Gasteiger charge is -2.17. The van der Waals surface area contributed by atoms with Crippen molar-refractivity contribution in [1.82, 2.24) is 9.62 Å². The average molecular weight is 266 g/mol. The molecule has 0 aromatic rings. The maximum atomic E-state index is 11.3. The molecule has 104 valence electrons. The van der Waals surface area contributed by atoms with Crippen molar-refractivity contribution in [2.75, 3.05) is 45.6 Å². The number of ether oxygens (including phenoxy) is 1. The third-order valence-electron chi connectivity index (χ3n) is 2.43. The molecule has 0 fully saturated rings. The van der Waals surface area contributed by atoms with E-state index >= 15 is 0 Å². The summed E-state index contributed by atoms with van der Waals surface area (Å²) >= 11 is 0. The summed E-state index contributed by atoms with van der Waals surface area (Å²) in [6, 6.07) is 0. The Morgan fingerprint density at radius 1 is 1.18 bits per heavy atom. The second kappa shape index (κ2) is 9.82. The number of hydrogen-bond donors (Lipinski definition) is 1. The van der Waals surface area contributed by atoms with Gasteiger partial charge in [-0.1, -0.05) is 6.92 Å². The normalized spacial score (nSPS) is 12.2. The zero-order valence-electron chi connectivity index (χ0n) is 11.2. The minimum absolute atomic E-state index is 0.545. The van der Waals surface area contributed by atoms with Crippen LogP contribution in [-0.2, 0) is 14.8 Å². The number of hydrogen-bond acceptors (Lipinski definition) is 4. The molecule has 0 saturated heterocycles. The molecule has 0 aromatic heterocycles. The maximum absolute atomic E-state index is 11.3. The van der Waals surface area contributed by atoms with Gasteiger partial charge >= 0.3 is 0 Å². The van der Waals surface area contributed by atoms with Crippen molar-refractivity contribution in [3.05, 3.63) is 0 Å². The molecule has 0 aliphatic carbocycles. The molecular weight excluding hydrogens is 240 g/mol. The van der Waals surface area contributed by atoms with Crippen molar-refractivity contribution >= 4 is 10.0 Å². The summed E-state index contributed by atoms with van der Waals surface area (Å²) in [4.78, 5) is 0. The second-order valence-electron chi connectivity index (χ2n) is 3.91. The molecule has 0 heterocycles. The van der Waals surface area contributed by atoms with E-state index < -0.39 is 10.0 Å². The zero-order chi connectivity index (χ0) is 13.1. The highest BCUT2D eigenvalue weighted by molar-refractivity contribution is 7.88. The fourth-order valence-corrected chi connectivity index (χ4v) is 2.44. The fourth-order valence-electron chi connectivity index (χ4n) is 1.51. The van der Waals surface area contributed by atoms with Crippen molar-refractivity contribution in [2.45, 2.75) is 26.7 Å². The van der Waals surface area contributed by atoms with Gasteiger partial charge in [0.05, 0.1) is 6.26 Å². The summed E-state index contributed by atoms with van der Waals surface area (Å²) in [7, 11) is -3.03. The third-order valence-corrected chi connectivity index (χ3v) is 3.81. The maximum Gasteiger partial charge on any atom is 0.211 e. The predicted octanol–water partition coefficient (Wildman–Crippen LogP) is 0.674. The van der Waals surface area contributed by atoms with Crippen molar-refractivity contribution < 1.29 is 13.2 Å². The molecule has 0 aromatic carbocycles. The molecule has 0 spiro atoms. The van der Waals surface area contributed by atoms with E-state index in [4.69, 9.17) is 4.74 Å². The van der Waals surface area contributed by atoms with Crippen LogP contribution in [0.25, 0.3) is 0 Å². The van der Waals surface area contributed by atoms with E-state index in [2.05, 4.69) is 5.32 Å². The van der Waals surface area contributed by atoms with E-state index in [0.717, 1.165) is 39.1 Å². The fraction of sp³-hybridized carbons (Fsp3) is 1.00. The predicted molar refractivity (Wildman–Crippen MR) is 70.7 cm³/mol. The molecule has 0 amide bonds. The Labute approximate surface area is 106 Å². The van der Waals surface area contributed by atoms with Gasteiger partial charge in [-0.25, -0.2) is 12.7 Å². The average Bonchev–Trinajstić information content (AvgIpc) is 2.25. The van der Waals surface area contributed by atoms with Gasteiger partial charge in [0.15, 0.2) is 0 Å². The molecule has 0 atom stereocenters. The van der Waals surface area contributed by atoms with Gasteiger partial charge in [0.1, 0.15) is 0 Å². The first kappa shape index (κ1) is 16.8. The van der Waals surface area contributed by atoms with E-state index in [1.165, 1.54) is 10.6 Å². The standard InChI is InChI=1S/C11H26N2O3S/c1-4-13(17(3,14)15)10-6-8-12-9-7-11-16-5-2/h12H,4-11H2,1-3H3. The van der Waals surface area contributed by atoms with Gasteiger partial charge < -0.3 is 10.1 Å². The first-order chi connectivity index (χ1) is 8.02. The molecule has 17 heavy (non-hydrogen) atoms. The van der Waals surface area contributed by atoms with Crippen LogP contribution in [0.3, 0.4) is 0 Å². The van der Waals surface area contributed by atoms with Crippen LogP contribution in [0.15, 0.2) is 0 Å². The molecule has 0 aliphatic rings. The molecule has 5 nitrogen and oxygen atoms in total. The topological polar surface area (TPSA) is 58.6 Å². The monoisotopic (exact) mass is 266 g/mol. The molecule has 0 bridgehead atoms. The lowest BCUT2D eigenvalue weighted by Crippen LogP contribution is -2.32. The number of nitrogens with one attached hydrogen (secondary N) is 1. The summed E-state index contributed by atoms with van der Waals surface area (Å²) in [6.45, 7) is 8.29. The Hall–Kier alpha value is -0.170. The number of sulfonamides is 1. The van der Waals surface area contributed by atoms with Gasteiger partial charge in [0.2, 0.25) is 10.0 Å². The van der Waals surface area contributed by atoms with Gasteiger partial charge in [-0.2, -0.15) is 0 Å². The first-order valence-electron chi connectivity index (χ1n) is 6.26. The lowest BCUT2D eigenvalue weighted by molar-refractivity contribution is 0.145. The van der Waals surface area contributed by atoms with Crippen LogP contribution in [0.5, 0.6) is 0 Å². The van der Waals surface area contributed by atoms with Crippen LogP contribution < -0.4 is 5.32 Å². The van der Waals surface area contributed by atoms with Gasteiger partial charge in [0.25, 0.3) is 0 Å². The molecule has 0 radical (unpaired) electrons. The summed E-state index contributed by atoms with van der Waals surface area (Å²) in [5, 5.41) is 3.27. The molecule has 0 aliphatic heterocycles. The van der Waals surface area contributed by atoms with E-state index in [9.17, 15) is 8.42 Å². The van der Waals surface area contributed by atoms with Gasteiger partial charge in [-0.05, 0) is 32.9 Å². The van der Waals surface area contributed by atoms with E-state index in [1.807, 2.05) is 13.8 Å². The van der Waals surface area contributed by atoms with Crippen LogP contribution in [-0.4, -0.2) is 58.4 Å². The molecule has 0 rings (SSSR count). The van der Waals surface area contributed by atoms with Crippen molar-refractivity contribution in [1.29, 1.82) is 0 Å². The van der Waals surface area contributed by atoms with Crippen LogP contribution in [0.2, 0.25) is 0 Å². The van der Waals surface area contributed by atoms with E-state index in [0.29, 0.717) is 13.1 Å². The summed E-state index contributed by atoms with van der Waals surface area (Å²) in [5.74, 6) is 0. The Kier molecular flexibility index (Phi) is 9.72. The number of nitrogens with zero attached hydrogens (tertiary/aromatic N) is 1. The largest absolute Gasteiger partial charge is 0.382 e. The zero-order valence-corrected chi connectivity index (χ0v) is 12.1. The molecular formula is C11H26N2O3S. The SMILES string of the molecule is CCOCCCNCCCN(CC)S(C)(=O)=O. The molecule has 0 unspecified atom stereocenters. The third kappa shape index (κ3) is 9.52. The van der Waals surface area contributed by atoms with Crippen LogP contribution in [0.4, 0.5) is 0 Å². The van der Waals surface area contributed by atoms with Crippen LogP contribution >= 0.6 is 0 Å². The van der Waals surface area contributed by atoms with Crippen molar-refractivity contribution in [3.63, 3.8) is 0 Å². The highest BCUT2D eigenvalue weighted by Crippen LogP contribution is 1.98. The second-order valence-corrected chi connectivity index (χ2v) is 5.89. The molecule has 0 saturated carbocycles. The Balaban J connectivity index is 3.44. The van der Waals surface area contributed by atoms with Crippen molar-refractivity contribution in [2.24, 2.45) is 0 Å². The van der Waals surface area contributed by atoms with Gasteiger partial charge in [0, 0.05) is 26.3 Å². The summed E-state index contributed by atoms with van der Waals surface area (Å²) < 4.78 is 29.3. The Morgan fingerprint density at radius 3 is 2.35 bits per heavy atom. The minimum Gasteiger partial charge on any atom is -0.382 e. The Bertz CT molecular complexity index is 268. The number of rotatable bonds is 11. The Morgan fingerprint density at radius 2 is 1.82 bits per heavy atom. The van der Waals surface area contributed by atoms with E-state index in [1.54, 1.807) is 0 Å². The van der Waals surface area contributed by atoms with Crippen LogP contribution in [0.1, 0.15) is 26.7 Å². The van der Waals surface area contributed by atoms with Gasteiger partial charge in [-0.3, -0.25) is 0 Å². The molecule has 6 heteroatoms. The summed E-state index contributed by atoms with van der Waals surface area (Å²) in [6.07, 6.45) is 3.10.